The number of likely N-dealkylation sites (N-methyl/N-ethyl adjacent to an activating group) is 1. The lowest BCUT2D eigenvalue weighted by Crippen LogP contribution is -2.37. The first-order chi connectivity index (χ1) is 9.10. The van der Waals surface area contributed by atoms with E-state index in [1.54, 1.807) is 7.11 Å². The molecule has 0 aliphatic carbocycles. The lowest BCUT2D eigenvalue weighted by atomic mass is 10.1. The second-order valence-electron chi connectivity index (χ2n) is 5.61. The number of hydrogen-bond acceptors (Lipinski definition) is 4. The van der Waals surface area contributed by atoms with E-state index >= 15 is 0 Å². The molecular formula is C15H25N3O. The predicted molar refractivity (Wildman–Crippen MR) is 79.4 cm³/mol. The molecule has 1 aliphatic rings. The van der Waals surface area contributed by atoms with Crippen molar-refractivity contribution in [3.05, 3.63) is 23.8 Å². The second-order valence-corrected chi connectivity index (χ2v) is 5.61. The van der Waals surface area contributed by atoms with Crippen molar-refractivity contribution in [1.29, 1.82) is 0 Å². The molecule has 4 heteroatoms. The Bertz CT molecular complexity index is 420. The van der Waals surface area contributed by atoms with E-state index < -0.39 is 0 Å². The Kier molecular flexibility index (Phi) is 4.66. The molecule has 106 valence electrons. The number of hydrogen-bond donors (Lipinski definition) is 1. The average molecular weight is 263 g/mol. The van der Waals surface area contributed by atoms with Crippen LogP contribution in [0.25, 0.3) is 0 Å². The molecule has 0 saturated carbocycles. The van der Waals surface area contributed by atoms with Crippen LogP contribution in [-0.4, -0.2) is 50.1 Å². The predicted octanol–water partition coefficient (Wildman–Crippen LogP) is 1.80. The van der Waals surface area contributed by atoms with E-state index in [-0.39, 0.29) is 0 Å². The summed E-state index contributed by atoms with van der Waals surface area (Å²) >= 11 is 0. The van der Waals surface area contributed by atoms with Gasteiger partial charge in [-0.2, -0.15) is 0 Å². The molecule has 1 aromatic carbocycles. The highest BCUT2D eigenvalue weighted by atomic mass is 16.5. The van der Waals surface area contributed by atoms with E-state index in [0.717, 1.165) is 24.5 Å². The number of rotatable bonds is 5. The van der Waals surface area contributed by atoms with Gasteiger partial charge in [-0.1, -0.05) is 6.07 Å². The van der Waals surface area contributed by atoms with Crippen molar-refractivity contribution in [3.63, 3.8) is 0 Å². The fraction of sp³-hybridized carbons (Fsp3) is 0.600. The van der Waals surface area contributed by atoms with Gasteiger partial charge in [0.2, 0.25) is 0 Å². The standard InChI is InChI=1S/C15H25N3O/c1-17(2)11-13-5-4-8-18(13)10-12-6-7-15(19-3)14(16)9-12/h6-7,9,13H,4-5,8,10-11,16H2,1-3H3. The van der Waals surface area contributed by atoms with Crippen LogP contribution in [0.3, 0.4) is 0 Å². The molecule has 1 unspecified atom stereocenters. The van der Waals surface area contributed by atoms with Crippen molar-refractivity contribution in [2.75, 3.05) is 40.0 Å². The van der Waals surface area contributed by atoms with Crippen molar-refractivity contribution >= 4 is 5.69 Å². The number of nitrogens with zero attached hydrogens (tertiary/aromatic N) is 2. The first-order valence-corrected chi connectivity index (χ1v) is 6.91. The highest BCUT2D eigenvalue weighted by Crippen LogP contribution is 2.25. The molecule has 19 heavy (non-hydrogen) atoms. The number of benzene rings is 1. The van der Waals surface area contributed by atoms with Gasteiger partial charge in [0.05, 0.1) is 12.8 Å². The van der Waals surface area contributed by atoms with Gasteiger partial charge in [0.1, 0.15) is 5.75 Å². The summed E-state index contributed by atoms with van der Waals surface area (Å²) < 4.78 is 5.20. The Labute approximate surface area is 116 Å². The molecule has 1 atom stereocenters. The molecule has 0 bridgehead atoms. The third-order valence-corrected chi connectivity index (χ3v) is 3.75. The number of nitrogen functional groups attached to an aromatic ring is 1. The summed E-state index contributed by atoms with van der Waals surface area (Å²) in [6.07, 6.45) is 2.59. The molecule has 0 spiro atoms. The lowest BCUT2D eigenvalue weighted by Gasteiger charge is -2.27. The van der Waals surface area contributed by atoms with E-state index in [1.165, 1.54) is 24.9 Å². The van der Waals surface area contributed by atoms with E-state index in [4.69, 9.17) is 10.5 Å². The molecule has 1 aromatic rings. The Morgan fingerprint density at radius 3 is 2.84 bits per heavy atom. The molecule has 1 aliphatic heterocycles. The Balaban J connectivity index is 2.01. The molecule has 2 rings (SSSR count). The monoisotopic (exact) mass is 263 g/mol. The van der Waals surface area contributed by atoms with Gasteiger partial charge in [-0.25, -0.2) is 0 Å². The molecule has 2 N–H and O–H groups in total. The summed E-state index contributed by atoms with van der Waals surface area (Å²) in [5, 5.41) is 0. The van der Waals surface area contributed by atoms with E-state index in [1.807, 2.05) is 12.1 Å². The maximum atomic E-state index is 5.97. The smallest absolute Gasteiger partial charge is 0.141 e. The Morgan fingerprint density at radius 1 is 1.42 bits per heavy atom. The molecule has 1 saturated heterocycles. The van der Waals surface area contributed by atoms with Gasteiger partial charge in [-0.3, -0.25) is 4.90 Å². The van der Waals surface area contributed by atoms with Gasteiger partial charge in [0.25, 0.3) is 0 Å². The van der Waals surface area contributed by atoms with Gasteiger partial charge in [-0.05, 0) is 51.2 Å². The van der Waals surface area contributed by atoms with Crippen LogP contribution in [-0.2, 0) is 6.54 Å². The summed E-state index contributed by atoms with van der Waals surface area (Å²) in [7, 11) is 5.93. The third-order valence-electron chi connectivity index (χ3n) is 3.75. The first kappa shape index (κ1) is 14.2. The van der Waals surface area contributed by atoms with Crippen molar-refractivity contribution in [2.45, 2.75) is 25.4 Å². The van der Waals surface area contributed by atoms with Crippen molar-refractivity contribution in [2.24, 2.45) is 0 Å². The van der Waals surface area contributed by atoms with Gasteiger partial charge >= 0.3 is 0 Å². The topological polar surface area (TPSA) is 41.7 Å². The maximum absolute atomic E-state index is 5.97. The Hall–Kier alpha value is -1.26. The van der Waals surface area contributed by atoms with Crippen LogP contribution in [0, 0.1) is 0 Å². The lowest BCUT2D eigenvalue weighted by molar-refractivity contribution is 0.201. The first-order valence-electron chi connectivity index (χ1n) is 6.91. The molecule has 4 nitrogen and oxygen atoms in total. The number of anilines is 1. The highest BCUT2D eigenvalue weighted by Gasteiger charge is 2.24. The molecule has 0 amide bonds. The zero-order chi connectivity index (χ0) is 13.8. The van der Waals surface area contributed by atoms with Crippen molar-refractivity contribution < 1.29 is 4.74 Å². The van der Waals surface area contributed by atoms with Crippen molar-refractivity contribution in [3.8, 4) is 5.75 Å². The minimum absolute atomic E-state index is 0.665. The maximum Gasteiger partial charge on any atom is 0.141 e. The van der Waals surface area contributed by atoms with Gasteiger partial charge in [-0.15, -0.1) is 0 Å². The van der Waals surface area contributed by atoms with Gasteiger partial charge < -0.3 is 15.4 Å². The minimum atomic E-state index is 0.665. The van der Waals surface area contributed by atoms with E-state index in [2.05, 4.69) is 30.0 Å². The van der Waals surface area contributed by atoms with Crippen molar-refractivity contribution in [1.82, 2.24) is 9.80 Å². The highest BCUT2D eigenvalue weighted by molar-refractivity contribution is 5.54. The quantitative estimate of drug-likeness (QED) is 0.823. The molecule has 1 fully saturated rings. The second kappa shape index (κ2) is 6.26. The minimum Gasteiger partial charge on any atom is -0.495 e. The number of methoxy groups -OCH3 is 1. The summed E-state index contributed by atoms with van der Waals surface area (Å²) in [6.45, 7) is 3.29. The normalized spacial score (nSPS) is 20.1. The molecule has 0 radical (unpaired) electrons. The summed E-state index contributed by atoms with van der Waals surface area (Å²) in [4.78, 5) is 4.83. The molecule has 0 aromatic heterocycles. The average Bonchev–Trinajstić information content (AvgIpc) is 2.76. The SMILES string of the molecule is COc1ccc(CN2CCCC2CN(C)C)cc1N. The summed E-state index contributed by atoms with van der Waals surface area (Å²) in [6, 6.07) is 6.77. The van der Waals surface area contributed by atoms with Crippen LogP contribution in [0.1, 0.15) is 18.4 Å². The van der Waals surface area contributed by atoms with Gasteiger partial charge in [0, 0.05) is 19.1 Å². The van der Waals surface area contributed by atoms with Crippen LogP contribution in [0.5, 0.6) is 5.75 Å². The molecule has 1 heterocycles. The number of ether oxygens (including phenoxy) is 1. The Morgan fingerprint density at radius 2 is 2.21 bits per heavy atom. The zero-order valence-electron chi connectivity index (χ0n) is 12.2. The number of likely N-dealkylation sites (tertiary alicyclic amines) is 1. The van der Waals surface area contributed by atoms with Crippen LogP contribution in [0.15, 0.2) is 18.2 Å². The number of nitrogens with two attached hydrogens (primary N) is 1. The zero-order valence-corrected chi connectivity index (χ0v) is 12.2. The largest absolute Gasteiger partial charge is 0.495 e. The van der Waals surface area contributed by atoms with Crippen LogP contribution >= 0.6 is 0 Å². The fourth-order valence-electron chi connectivity index (χ4n) is 2.85. The van der Waals surface area contributed by atoms with Crippen LogP contribution < -0.4 is 10.5 Å². The van der Waals surface area contributed by atoms with Gasteiger partial charge in [0.15, 0.2) is 0 Å². The van der Waals surface area contributed by atoms with Crippen LogP contribution in [0.2, 0.25) is 0 Å². The summed E-state index contributed by atoms with van der Waals surface area (Å²) in [5.74, 6) is 0.759. The van der Waals surface area contributed by atoms with E-state index in [0.29, 0.717) is 6.04 Å². The van der Waals surface area contributed by atoms with Crippen LogP contribution in [0.4, 0.5) is 5.69 Å². The fourth-order valence-corrected chi connectivity index (χ4v) is 2.85. The van der Waals surface area contributed by atoms with E-state index in [9.17, 15) is 0 Å². The summed E-state index contributed by atoms with van der Waals surface area (Å²) in [5.41, 5.74) is 7.96. The third kappa shape index (κ3) is 3.61. The molecular weight excluding hydrogens is 238 g/mol.